The fourth-order valence-electron chi connectivity index (χ4n) is 1.37. The molecule has 0 aromatic rings. The molecule has 1 saturated heterocycles. The highest BCUT2D eigenvalue weighted by atomic mass is 16.6. The van der Waals surface area contributed by atoms with E-state index in [0.717, 1.165) is 30.7 Å². The summed E-state index contributed by atoms with van der Waals surface area (Å²) in [4.78, 5) is 46.6. The molecule has 0 aromatic carbocycles. The van der Waals surface area contributed by atoms with Gasteiger partial charge in [0.1, 0.15) is 0 Å². The van der Waals surface area contributed by atoms with Gasteiger partial charge >= 0.3 is 29.8 Å². The van der Waals surface area contributed by atoms with Gasteiger partial charge in [0.25, 0.3) is 0 Å². The highest BCUT2D eigenvalue weighted by Crippen LogP contribution is 2.31. The van der Waals surface area contributed by atoms with Gasteiger partial charge in [-0.1, -0.05) is 32.9 Å². The number of carboxylic acid groups (broad SMARTS) is 5. The van der Waals surface area contributed by atoms with Crippen LogP contribution < -0.4 is 0 Å². The average Bonchev–Trinajstić information content (AvgIpc) is 3.61. The first-order chi connectivity index (χ1) is 17.9. The van der Waals surface area contributed by atoms with E-state index >= 15 is 0 Å². The van der Waals surface area contributed by atoms with Gasteiger partial charge in [-0.3, -0.25) is 0 Å². The SMILES string of the molecule is C=C(C)C(=O)O.C=CC(=O)O.C=CC(=O)O.C=CC(=O)O.C=CC(=O)O.CC1OC1CCC(CO)(CO)CO. The standard InChI is InChI=1S/C9H18O4.C4H6O2.4C3H4O2/c1-7-8(13-7)2-3-9(4-10,5-11)6-12;1-3(2)4(5)6;4*1-2-3(4)5/h7-8,10-12H,2-6H2,1H3;1H2,2H3,(H,5,6);4*2H,1H2,(H,4,5). The Morgan fingerprint density at radius 3 is 1.03 bits per heavy atom. The monoisotopic (exact) mass is 564 g/mol. The van der Waals surface area contributed by atoms with Gasteiger partial charge in [0, 0.05) is 35.3 Å². The maximum absolute atomic E-state index is 9.60. The molecule has 1 aliphatic rings. The first-order valence-corrected chi connectivity index (χ1v) is 10.7. The van der Waals surface area contributed by atoms with Crippen LogP contribution in [-0.2, 0) is 28.7 Å². The largest absolute Gasteiger partial charge is 0.478 e. The van der Waals surface area contributed by atoms with Crippen molar-refractivity contribution < 1.29 is 69.6 Å². The van der Waals surface area contributed by atoms with Gasteiger partial charge in [0.2, 0.25) is 0 Å². The minimum absolute atomic E-state index is 0.176. The summed E-state index contributed by atoms with van der Waals surface area (Å²) in [7, 11) is 0. The smallest absolute Gasteiger partial charge is 0.330 e. The third kappa shape index (κ3) is 41.3. The van der Waals surface area contributed by atoms with Crippen LogP contribution in [0.3, 0.4) is 0 Å². The molecule has 0 amide bonds. The Morgan fingerprint density at radius 1 is 0.718 bits per heavy atom. The van der Waals surface area contributed by atoms with Crippen molar-refractivity contribution in [1.29, 1.82) is 0 Å². The zero-order valence-electron chi connectivity index (χ0n) is 22.1. The number of rotatable bonds is 11. The summed E-state index contributed by atoms with van der Waals surface area (Å²) in [6, 6.07) is 0. The lowest BCUT2D eigenvalue weighted by atomic mass is 9.85. The summed E-state index contributed by atoms with van der Waals surface area (Å²) in [6.45, 7) is 17.9. The summed E-state index contributed by atoms with van der Waals surface area (Å²) in [5.74, 6) is -4.86. The number of carbonyl (C=O) groups is 5. The molecular weight excluding hydrogens is 524 g/mol. The van der Waals surface area contributed by atoms with Crippen LogP contribution in [0.15, 0.2) is 62.8 Å². The molecule has 0 bridgehead atoms. The molecule has 0 aromatic heterocycles. The normalized spacial score (nSPS) is 13.7. The van der Waals surface area contributed by atoms with E-state index in [9.17, 15) is 24.0 Å². The molecule has 1 fully saturated rings. The molecule has 39 heavy (non-hydrogen) atoms. The van der Waals surface area contributed by atoms with Gasteiger partial charge in [-0.05, 0) is 26.7 Å². The average molecular weight is 565 g/mol. The molecule has 1 aliphatic heterocycles. The minimum Gasteiger partial charge on any atom is -0.478 e. The van der Waals surface area contributed by atoms with Crippen molar-refractivity contribution in [2.24, 2.45) is 5.41 Å². The first-order valence-electron chi connectivity index (χ1n) is 10.7. The number of epoxide rings is 1. The van der Waals surface area contributed by atoms with Gasteiger partial charge in [-0.2, -0.15) is 0 Å². The predicted molar refractivity (Wildman–Crippen MR) is 141 cm³/mol. The van der Waals surface area contributed by atoms with E-state index in [-0.39, 0.29) is 31.5 Å². The van der Waals surface area contributed by atoms with Gasteiger partial charge in [0.05, 0.1) is 32.0 Å². The van der Waals surface area contributed by atoms with Crippen LogP contribution in [0, 0.1) is 5.41 Å². The number of hydrogen-bond acceptors (Lipinski definition) is 9. The molecular formula is C25H40O14. The Balaban J connectivity index is -0.000000127. The van der Waals surface area contributed by atoms with Gasteiger partial charge < -0.3 is 45.6 Å². The fraction of sp³-hybridized carbons (Fsp3) is 0.400. The predicted octanol–water partition coefficient (Wildman–Crippen LogP) is 1.19. The molecule has 2 atom stereocenters. The Kier molecular flexibility index (Phi) is 32.7. The Labute approximate surface area is 226 Å². The summed E-state index contributed by atoms with van der Waals surface area (Å²) in [5, 5.41) is 65.4. The number of hydrogen-bond donors (Lipinski definition) is 8. The number of aliphatic carboxylic acids is 5. The highest BCUT2D eigenvalue weighted by Gasteiger charge is 2.37. The van der Waals surface area contributed by atoms with E-state index in [1.54, 1.807) is 0 Å². The van der Waals surface area contributed by atoms with Crippen molar-refractivity contribution >= 4 is 29.8 Å². The van der Waals surface area contributed by atoms with Crippen LogP contribution in [0.4, 0.5) is 0 Å². The fourth-order valence-corrected chi connectivity index (χ4v) is 1.37. The van der Waals surface area contributed by atoms with E-state index in [4.69, 9.17) is 45.6 Å². The third-order valence-corrected chi connectivity index (χ3v) is 3.87. The molecule has 14 heteroatoms. The summed E-state index contributed by atoms with van der Waals surface area (Å²) in [6.07, 6.45) is 5.28. The van der Waals surface area contributed by atoms with Crippen molar-refractivity contribution in [1.82, 2.24) is 0 Å². The topological polar surface area (TPSA) is 260 Å². The molecule has 1 heterocycles. The Hall–Kier alpha value is -4.11. The second-order valence-corrected chi connectivity index (χ2v) is 7.15. The number of aliphatic hydroxyl groups excluding tert-OH is 3. The number of carboxylic acids is 5. The molecule has 224 valence electrons. The summed E-state index contributed by atoms with van der Waals surface area (Å²) >= 11 is 0. The minimum atomic E-state index is -0.981. The lowest BCUT2D eigenvalue weighted by Crippen LogP contribution is -2.34. The summed E-state index contributed by atoms with van der Waals surface area (Å²) < 4.78 is 5.20. The maximum Gasteiger partial charge on any atom is 0.330 e. The molecule has 8 N–H and O–H groups in total. The van der Waals surface area contributed by atoms with Crippen LogP contribution in [-0.4, -0.2) is 103 Å². The van der Waals surface area contributed by atoms with Crippen LogP contribution >= 0.6 is 0 Å². The van der Waals surface area contributed by atoms with Crippen molar-refractivity contribution in [2.75, 3.05) is 19.8 Å². The van der Waals surface area contributed by atoms with Crippen molar-refractivity contribution in [3.63, 3.8) is 0 Å². The van der Waals surface area contributed by atoms with Crippen molar-refractivity contribution in [2.45, 2.75) is 38.9 Å². The Morgan fingerprint density at radius 2 is 0.923 bits per heavy atom. The van der Waals surface area contributed by atoms with Crippen molar-refractivity contribution in [3.8, 4) is 0 Å². The zero-order valence-corrected chi connectivity index (χ0v) is 22.1. The lowest BCUT2D eigenvalue weighted by Gasteiger charge is -2.26. The molecule has 0 saturated carbocycles. The number of aliphatic hydroxyl groups is 3. The molecule has 0 aliphatic carbocycles. The van der Waals surface area contributed by atoms with Crippen LogP contribution in [0.25, 0.3) is 0 Å². The van der Waals surface area contributed by atoms with E-state index in [0.29, 0.717) is 12.5 Å². The Bertz CT molecular complexity index is 704. The molecule has 2 unspecified atom stereocenters. The van der Waals surface area contributed by atoms with E-state index in [1.807, 2.05) is 6.92 Å². The molecule has 0 spiro atoms. The van der Waals surface area contributed by atoms with Crippen molar-refractivity contribution in [3.05, 3.63) is 62.8 Å². The highest BCUT2D eigenvalue weighted by molar-refractivity contribution is 5.84. The van der Waals surface area contributed by atoms with Gasteiger partial charge in [0.15, 0.2) is 0 Å². The van der Waals surface area contributed by atoms with E-state index < -0.39 is 35.3 Å². The van der Waals surface area contributed by atoms with Crippen LogP contribution in [0.5, 0.6) is 0 Å². The van der Waals surface area contributed by atoms with Gasteiger partial charge in [-0.25, -0.2) is 24.0 Å². The third-order valence-electron chi connectivity index (χ3n) is 3.87. The lowest BCUT2D eigenvalue weighted by molar-refractivity contribution is -0.133. The molecule has 0 radical (unpaired) electrons. The second-order valence-electron chi connectivity index (χ2n) is 7.15. The first kappa shape index (κ1) is 44.9. The maximum atomic E-state index is 9.60. The summed E-state index contributed by atoms with van der Waals surface area (Å²) in [5.41, 5.74) is -0.555. The molecule has 14 nitrogen and oxygen atoms in total. The van der Waals surface area contributed by atoms with Gasteiger partial charge in [-0.15, -0.1) is 0 Å². The van der Waals surface area contributed by atoms with Crippen LogP contribution in [0.1, 0.15) is 26.7 Å². The second kappa shape index (κ2) is 28.5. The van der Waals surface area contributed by atoms with E-state index in [2.05, 4.69) is 32.9 Å². The molecule has 1 rings (SSSR count). The number of ether oxygens (including phenoxy) is 1. The van der Waals surface area contributed by atoms with E-state index in [1.165, 1.54) is 6.92 Å². The quantitative estimate of drug-likeness (QED) is 0.129. The van der Waals surface area contributed by atoms with Crippen LogP contribution in [0.2, 0.25) is 0 Å². The zero-order chi connectivity index (χ0) is 32.2.